The highest BCUT2D eigenvalue weighted by Gasteiger charge is 2.10. The van der Waals surface area contributed by atoms with Crippen LogP contribution in [-0.4, -0.2) is 12.3 Å². The van der Waals surface area contributed by atoms with Crippen LogP contribution in [0.15, 0.2) is 54.6 Å². The fraction of sp³-hybridized carbons (Fsp3) is 0.188. The largest absolute Gasteiger partial charge is 0.330 e. The molecule has 2 N–H and O–H groups in total. The van der Waals surface area contributed by atoms with Crippen molar-refractivity contribution in [3.63, 3.8) is 0 Å². The summed E-state index contributed by atoms with van der Waals surface area (Å²) in [6.07, 6.45) is 1.19. The molecule has 0 saturated carbocycles. The highest BCUT2D eigenvalue weighted by molar-refractivity contribution is 5.98. The smallest absolute Gasteiger partial charge is 0.167 e. The van der Waals surface area contributed by atoms with Crippen LogP contribution in [0.4, 0.5) is 0 Å². The van der Waals surface area contributed by atoms with Crippen molar-refractivity contribution in [3.05, 3.63) is 71.3 Å². The lowest BCUT2D eigenvalue weighted by atomic mass is 9.97. The molecule has 0 atom stereocenters. The molecule has 2 aromatic rings. The molecule has 0 fully saturated rings. The van der Waals surface area contributed by atoms with E-state index in [1.54, 1.807) is 0 Å². The average Bonchev–Trinajstić information content (AvgIpc) is 2.41. The van der Waals surface area contributed by atoms with Crippen molar-refractivity contribution < 1.29 is 4.79 Å². The van der Waals surface area contributed by atoms with Gasteiger partial charge in [-0.1, -0.05) is 54.6 Å². The lowest BCUT2D eigenvalue weighted by molar-refractivity contribution is 0.0992. The van der Waals surface area contributed by atoms with E-state index < -0.39 is 0 Å². The highest BCUT2D eigenvalue weighted by atomic mass is 16.1. The Balaban J connectivity index is 2.19. The summed E-state index contributed by atoms with van der Waals surface area (Å²) in [5, 5.41) is 0. The number of benzene rings is 2. The number of ketones is 1. The van der Waals surface area contributed by atoms with Crippen molar-refractivity contribution in [2.75, 3.05) is 6.54 Å². The van der Waals surface area contributed by atoms with Crippen LogP contribution in [0.2, 0.25) is 0 Å². The van der Waals surface area contributed by atoms with Gasteiger partial charge in [0.15, 0.2) is 5.78 Å². The number of rotatable bonds is 5. The van der Waals surface area contributed by atoms with E-state index in [1.165, 1.54) is 0 Å². The molecule has 0 amide bonds. The molecular formula is C16H17NO. The van der Waals surface area contributed by atoms with Crippen LogP contribution >= 0.6 is 0 Å². The van der Waals surface area contributed by atoms with Crippen LogP contribution in [0.3, 0.4) is 0 Å². The first-order chi connectivity index (χ1) is 8.81. The van der Waals surface area contributed by atoms with Gasteiger partial charge in [-0.15, -0.1) is 0 Å². The molecule has 0 aliphatic carbocycles. The van der Waals surface area contributed by atoms with Gasteiger partial charge >= 0.3 is 0 Å². The SMILES string of the molecule is NCCc1ccccc1C(=O)Cc1ccccc1. The van der Waals surface area contributed by atoms with Gasteiger partial charge in [0, 0.05) is 12.0 Å². The molecule has 0 bridgehead atoms. The van der Waals surface area contributed by atoms with Gasteiger partial charge in [-0.25, -0.2) is 0 Å². The van der Waals surface area contributed by atoms with Crippen LogP contribution in [0.25, 0.3) is 0 Å². The van der Waals surface area contributed by atoms with E-state index in [1.807, 2.05) is 54.6 Å². The third-order valence-electron chi connectivity index (χ3n) is 2.94. The monoisotopic (exact) mass is 239 g/mol. The molecule has 0 saturated heterocycles. The molecular weight excluding hydrogens is 222 g/mol. The molecule has 0 aliphatic rings. The predicted octanol–water partition coefficient (Wildman–Crippen LogP) is 2.61. The van der Waals surface area contributed by atoms with Crippen molar-refractivity contribution in [2.45, 2.75) is 12.8 Å². The Hall–Kier alpha value is -1.93. The number of carbonyl (C=O) groups is 1. The minimum absolute atomic E-state index is 0.158. The summed E-state index contributed by atoms with van der Waals surface area (Å²) in [5.74, 6) is 0.158. The maximum Gasteiger partial charge on any atom is 0.167 e. The molecule has 0 aliphatic heterocycles. The summed E-state index contributed by atoms with van der Waals surface area (Å²) in [6, 6.07) is 17.5. The lowest BCUT2D eigenvalue weighted by Gasteiger charge is -2.07. The molecule has 92 valence electrons. The Kier molecular flexibility index (Phi) is 4.26. The number of Topliss-reactive ketones (excluding diaryl/α,β-unsaturated/α-hetero) is 1. The number of carbonyl (C=O) groups excluding carboxylic acids is 1. The third kappa shape index (κ3) is 3.05. The Morgan fingerprint density at radius 2 is 1.61 bits per heavy atom. The number of hydrogen-bond donors (Lipinski definition) is 1. The van der Waals surface area contributed by atoms with E-state index in [4.69, 9.17) is 5.73 Å². The molecule has 2 aromatic carbocycles. The highest BCUT2D eigenvalue weighted by Crippen LogP contribution is 2.13. The first-order valence-electron chi connectivity index (χ1n) is 6.16. The fourth-order valence-electron chi connectivity index (χ4n) is 2.04. The first kappa shape index (κ1) is 12.5. The Bertz CT molecular complexity index is 520. The van der Waals surface area contributed by atoms with Gasteiger partial charge in [-0.05, 0) is 24.1 Å². The van der Waals surface area contributed by atoms with Gasteiger partial charge in [0.2, 0.25) is 0 Å². The van der Waals surface area contributed by atoms with Gasteiger partial charge in [-0.3, -0.25) is 4.79 Å². The summed E-state index contributed by atoms with van der Waals surface area (Å²) in [4.78, 5) is 12.3. The van der Waals surface area contributed by atoms with E-state index in [2.05, 4.69) is 0 Å². The van der Waals surface area contributed by atoms with Crippen LogP contribution in [0.5, 0.6) is 0 Å². The number of nitrogens with two attached hydrogens (primary N) is 1. The minimum Gasteiger partial charge on any atom is -0.330 e. The summed E-state index contributed by atoms with van der Waals surface area (Å²) < 4.78 is 0. The summed E-state index contributed by atoms with van der Waals surface area (Å²) in [6.45, 7) is 0.565. The quantitative estimate of drug-likeness (QED) is 0.815. The van der Waals surface area contributed by atoms with E-state index in [0.717, 1.165) is 23.1 Å². The molecule has 0 aromatic heterocycles. The van der Waals surface area contributed by atoms with Crippen LogP contribution in [-0.2, 0) is 12.8 Å². The molecule has 0 spiro atoms. The zero-order valence-electron chi connectivity index (χ0n) is 10.3. The molecule has 0 radical (unpaired) electrons. The summed E-state index contributed by atoms with van der Waals surface area (Å²) in [7, 11) is 0. The van der Waals surface area contributed by atoms with Crippen molar-refractivity contribution in [1.82, 2.24) is 0 Å². The Morgan fingerprint density at radius 1 is 0.944 bits per heavy atom. The topological polar surface area (TPSA) is 43.1 Å². The van der Waals surface area contributed by atoms with Gasteiger partial charge < -0.3 is 5.73 Å². The standard InChI is InChI=1S/C16H17NO/c17-11-10-14-8-4-5-9-15(14)16(18)12-13-6-2-1-3-7-13/h1-9H,10-12,17H2. The van der Waals surface area contributed by atoms with E-state index in [0.29, 0.717) is 13.0 Å². The molecule has 2 heteroatoms. The van der Waals surface area contributed by atoms with Crippen molar-refractivity contribution >= 4 is 5.78 Å². The zero-order chi connectivity index (χ0) is 12.8. The fourth-order valence-corrected chi connectivity index (χ4v) is 2.04. The van der Waals surface area contributed by atoms with Crippen LogP contribution in [0.1, 0.15) is 21.5 Å². The van der Waals surface area contributed by atoms with Gasteiger partial charge in [0.1, 0.15) is 0 Å². The third-order valence-corrected chi connectivity index (χ3v) is 2.94. The molecule has 0 unspecified atom stereocenters. The summed E-state index contributed by atoms with van der Waals surface area (Å²) in [5.41, 5.74) is 8.46. The summed E-state index contributed by atoms with van der Waals surface area (Å²) >= 11 is 0. The Morgan fingerprint density at radius 3 is 2.33 bits per heavy atom. The second kappa shape index (κ2) is 6.12. The van der Waals surface area contributed by atoms with Crippen molar-refractivity contribution in [2.24, 2.45) is 5.73 Å². The van der Waals surface area contributed by atoms with E-state index >= 15 is 0 Å². The van der Waals surface area contributed by atoms with E-state index in [-0.39, 0.29) is 5.78 Å². The predicted molar refractivity (Wildman–Crippen MR) is 73.7 cm³/mol. The first-order valence-corrected chi connectivity index (χ1v) is 6.16. The minimum atomic E-state index is 0.158. The van der Waals surface area contributed by atoms with Crippen LogP contribution < -0.4 is 5.73 Å². The Labute approximate surface area is 107 Å². The zero-order valence-corrected chi connectivity index (χ0v) is 10.3. The van der Waals surface area contributed by atoms with Crippen molar-refractivity contribution in [3.8, 4) is 0 Å². The maximum absolute atomic E-state index is 12.3. The molecule has 18 heavy (non-hydrogen) atoms. The number of hydrogen-bond acceptors (Lipinski definition) is 2. The second-order valence-corrected chi connectivity index (χ2v) is 4.28. The van der Waals surface area contributed by atoms with Crippen molar-refractivity contribution in [1.29, 1.82) is 0 Å². The average molecular weight is 239 g/mol. The van der Waals surface area contributed by atoms with Gasteiger partial charge in [0.25, 0.3) is 0 Å². The molecule has 2 rings (SSSR count). The molecule has 0 heterocycles. The van der Waals surface area contributed by atoms with Crippen LogP contribution in [0, 0.1) is 0 Å². The maximum atomic E-state index is 12.3. The van der Waals surface area contributed by atoms with E-state index in [9.17, 15) is 4.79 Å². The normalized spacial score (nSPS) is 10.3. The van der Waals surface area contributed by atoms with Gasteiger partial charge in [-0.2, -0.15) is 0 Å². The second-order valence-electron chi connectivity index (χ2n) is 4.28. The lowest BCUT2D eigenvalue weighted by Crippen LogP contribution is -2.10. The molecule has 2 nitrogen and oxygen atoms in total. The van der Waals surface area contributed by atoms with Gasteiger partial charge in [0.05, 0.1) is 0 Å².